The Kier molecular flexibility index (Phi) is 5.86. The first-order chi connectivity index (χ1) is 9.73. The van der Waals surface area contributed by atoms with Crippen molar-refractivity contribution >= 4 is 11.8 Å². The fourth-order valence-corrected chi connectivity index (χ4v) is 3.21. The summed E-state index contributed by atoms with van der Waals surface area (Å²) in [5.41, 5.74) is 7.26. The zero-order valence-electron chi connectivity index (χ0n) is 12.4. The second-order valence-corrected chi connectivity index (χ2v) is 5.91. The Labute approximate surface area is 125 Å². The second-order valence-electron chi connectivity index (χ2n) is 5.03. The van der Waals surface area contributed by atoms with Crippen molar-refractivity contribution in [3.8, 4) is 0 Å². The lowest BCUT2D eigenvalue weighted by molar-refractivity contribution is -0.00461. The van der Waals surface area contributed by atoms with Crippen molar-refractivity contribution < 1.29 is 9.47 Å². The van der Waals surface area contributed by atoms with Crippen molar-refractivity contribution in [2.45, 2.75) is 23.1 Å². The highest BCUT2D eigenvalue weighted by molar-refractivity contribution is 7.98. The van der Waals surface area contributed by atoms with Crippen LogP contribution >= 0.6 is 11.8 Å². The van der Waals surface area contributed by atoms with Crippen LogP contribution in [-0.4, -0.2) is 57.2 Å². The normalized spacial score (nSPS) is 25.0. The van der Waals surface area contributed by atoms with E-state index in [0.29, 0.717) is 6.54 Å². The highest BCUT2D eigenvalue weighted by atomic mass is 32.2. The lowest BCUT2D eigenvalue weighted by Crippen LogP contribution is -2.33. The summed E-state index contributed by atoms with van der Waals surface area (Å²) in [6.07, 6.45) is 2.33. The molecule has 0 radical (unpaired) electrons. The van der Waals surface area contributed by atoms with Gasteiger partial charge in [0.2, 0.25) is 0 Å². The van der Waals surface area contributed by atoms with Crippen LogP contribution in [0.1, 0.15) is 11.6 Å². The minimum Gasteiger partial charge on any atom is -0.377 e. The summed E-state index contributed by atoms with van der Waals surface area (Å²) in [6.45, 7) is 2.33. The zero-order chi connectivity index (χ0) is 14.5. The minimum absolute atomic E-state index is 0.125. The summed E-state index contributed by atoms with van der Waals surface area (Å²) in [4.78, 5) is 3.63. The van der Waals surface area contributed by atoms with E-state index >= 15 is 0 Å². The van der Waals surface area contributed by atoms with Crippen LogP contribution in [0.5, 0.6) is 0 Å². The molecule has 1 aliphatic heterocycles. The van der Waals surface area contributed by atoms with Crippen LogP contribution in [0.4, 0.5) is 0 Å². The number of likely N-dealkylation sites (tertiary alicyclic amines) is 1. The first-order valence-corrected chi connectivity index (χ1v) is 8.09. The summed E-state index contributed by atoms with van der Waals surface area (Å²) in [7, 11) is 3.48. The Morgan fingerprint density at radius 3 is 2.15 bits per heavy atom. The topological polar surface area (TPSA) is 47.7 Å². The number of rotatable bonds is 6. The lowest BCUT2D eigenvalue weighted by Gasteiger charge is -2.27. The number of benzene rings is 1. The third-order valence-corrected chi connectivity index (χ3v) is 4.76. The molecule has 0 aliphatic carbocycles. The first-order valence-electron chi connectivity index (χ1n) is 6.87. The molecule has 0 spiro atoms. The smallest absolute Gasteiger partial charge is 0.0972 e. The van der Waals surface area contributed by atoms with Crippen LogP contribution in [-0.2, 0) is 9.47 Å². The lowest BCUT2D eigenvalue weighted by atomic mass is 10.1. The van der Waals surface area contributed by atoms with Gasteiger partial charge in [-0.25, -0.2) is 0 Å². The summed E-state index contributed by atoms with van der Waals surface area (Å²) in [5, 5.41) is 0. The van der Waals surface area contributed by atoms with E-state index in [4.69, 9.17) is 15.2 Å². The summed E-state index contributed by atoms with van der Waals surface area (Å²) in [5.74, 6) is 0. The number of hydrogen-bond donors (Lipinski definition) is 1. The molecule has 2 rings (SSSR count). The number of hydrogen-bond acceptors (Lipinski definition) is 5. The van der Waals surface area contributed by atoms with Gasteiger partial charge in [0.05, 0.1) is 12.2 Å². The van der Waals surface area contributed by atoms with Gasteiger partial charge in [0.15, 0.2) is 0 Å². The van der Waals surface area contributed by atoms with E-state index in [2.05, 4.69) is 35.4 Å². The van der Waals surface area contributed by atoms with Crippen molar-refractivity contribution in [3.05, 3.63) is 29.8 Å². The highest BCUT2D eigenvalue weighted by Crippen LogP contribution is 2.28. The third-order valence-electron chi connectivity index (χ3n) is 4.01. The molecule has 3 atom stereocenters. The van der Waals surface area contributed by atoms with E-state index in [-0.39, 0.29) is 18.2 Å². The van der Waals surface area contributed by atoms with Gasteiger partial charge >= 0.3 is 0 Å². The maximum atomic E-state index is 6.00. The van der Waals surface area contributed by atoms with E-state index in [1.165, 1.54) is 10.5 Å². The molecule has 4 nitrogen and oxygen atoms in total. The monoisotopic (exact) mass is 296 g/mol. The van der Waals surface area contributed by atoms with Crippen LogP contribution < -0.4 is 5.73 Å². The predicted octanol–water partition coefficient (Wildman–Crippen LogP) is 1.75. The molecular weight excluding hydrogens is 272 g/mol. The largest absolute Gasteiger partial charge is 0.377 e. The molecule has 1 heterocycles. The Balaban J connectivity index is 2.11. The van der Waals surface area contributed by atoms with Crippen LogP contribution in [0, 0.1) is 0 Å². The van der Waals surface area contributed by atoms with E-state index in [1.54, 1.807) is 26.0 Å². The molecule has 0 amide bonds. The average Bonchev–Trinajstić information content (AvgIpc) is 2.92. The molecule has 112 valence electrons. The molecule has 5 heteroatoms. The molecule has 0 saturated carbocycles. The molecular formula is C15H24N2O2S. The van der Waals surface area contributed by atoms with Gasteiger partial charge in [-0.05, 0) is 24.0 Å². The number of ether oxygens (including phenoxy) is 2. The van der Waals surface area contributed by atoms with Gasteiger partial charge in [-0.15, -0.1) is 11.8 Å². The number of methoxy groups -OCH3 is 2. The van der Waals surface area contributed by atoms with Crippen LogP contribution in [0.25, 0.3) is 0 Å². The molecule has 2 N–H and O–H groups in total. The molecule has 20 heavy (non-hydrogen) atoms. The highest BCUT2D eigenvalue weighted by Gasteiger charge is 2.36. The molecule has 3 unspecified atom stereocenters. The third kappa shape index (κ3) is 3.35. The maximum Gasteiger partial charge on any atom is 0.0972 e. The van der Waals surface area contributed by atoms with Gasteiger partial charge in [0.25, 0.3) is 0 Å². The molecule has 1 fully saturated rings. The second kappa shape index (κ2) is 7.43. The molecule has 0 aromatic heterocycles. The van der Waals surface area contributed by atoms with Crippen molar-refractivity contribution in [1.82, 2.24) is 4.90 Å². The fourth-order valence-electron chi connectivity index (χ4n) is 2.80. The molecule has 1 saturated heterocycles. The van der Waals surface area contributed by atoms with E-state index in [1.807, 2.05) is 0 Å². The van der Waals surface area contributed by atoms with Crippen molar-refractivity contribution in [1.29, 1.82) is 0 Å². The first kappa shape index (κ1) is 15.8. The number of thioether (sulfide) groups is 1. The number of nitrogens with two attached hydrogens (primary N) is 1. The average molecular weight is 296 g/mol. The predicted molar refractivity (Wildman–Crippen MR) is 83.2 cm³/mol. The summed E-state index contributed by atoms with van der Waals surface area (Å²) in [6, 6.07) is 8.88. The summed E-state index contributed by atoms with van der Waals surface area (Å²) < 4.78 is 11.0. The van der Waals surface area contributed by atoms with Crippen molar-refractivity contribution in [2.75, 3.05) is 40.1 Å². The Bertz CT molecular complexity index is 401. The SMILES string of the molecule is COC1CN(C(CN)c2ccc(SC)cc2)CC1OC. The van der Waals surface area contributed by atoms with E-state index in [0.717, 1.165) is 13.1 Å². The number of nitrogens with zero attached hydrogens (tertiary/aromatic N) is 1. The molecule has 1 aromatic rings. The molecule has 1 aliphatic rings. The Hall–Kier alpha value is -0.590. The van der Waals surface area contributed by atoms with Gasteiger partial charge in [-0.1, -0.05) is 12.1 Å². The van der Waals surface area contributed by atoms with Crippen LogP contribution in [0.15, 0.2) is 29.2 Å². The Morgan fingerprint density at radius 2 is 1.75 bits per heavy atom. The quantitative estimate of drug-likeness (QED) is 0.811. The molecule has 0 bridgehead atoms. The van der Waals surface area contributed by atoms with E-state index in [9.17, 15) is 0 Å². The molecule has 1 aromatic carbocycles. The van der Waals surface area contributed by atoms with Crippen LogP contribution in [0.3, 0.4) is 0 Å². The van der Waals surface area contributed by atoms with E-state index < -0.39 is 0 Å². The zero-order valence-corrected chi connectivity index (χ0v) is 13.2. The van der Waals surface area contributed by atoms with Gasteiger partial charge in [-0.2, -0.15) is 0 Å². The van der Waals surface area contributed by atoms with Crippen molar-refractivity contribution in [3.63, 3.8) is 0 Å². The van der Waals surface area contributed by atoms with Crippen molar-refractivity contribution in [2.24, 2.45) is 5.73 Å². The van der Waals surface area contributed by atoms with Gasteiger partial charge < -0.3 is 15.2 Å². The van der Waals surface area contributed by atoms with Crippen LogP contribution in [0.2, 0.25) is 0 Å². The maximum absolute atomic E-state index is 6.00. The fraction of sp³-hybridized carbons (Fsp3) is 0.600. The Morgan fingerprint density at radius 1 is 1.20 bits per heavy atom. The van der Waals surface area contributed by atoms with Gasteiger partial charge in [0, 0.05) is 44.8 Å². The van der Waals surface area contributed by atoms with Gasteiger partial charge in [-0.3, -0.25) is 4.90 Å². The van der Waals surface area contributed by atoms with Gasteiger partial charge in [0.1, 0.15) is 0 Å². The minimum atomic E-state index is 0.125. The summed E-state index contributed by atoms with van der Waals surface area (Å²) >= 11 is 1.75. The standard InChI is InChI=1S/C15H24N2O2S/c1-18-14-9-17(10-15(14)19-2)13(8-16)11-4-6-12(20-3)7-5-11/h4-7,13-15H,8-10,16H2,1-3H3.